The lowest BCUT2D eigenvalue weighted by atomic mass is 10.5. The summed E-state index contributed by atoms with van der Waals surface area (Å²) >= 11 is 3.15. The molecule has 8 heavy (non-hydrogen) atoms. The zero-order valence-corrected chi connectivity index (χ0v) is 6.74. The van der Waals surface area contributed by atoms with Crippen LogP contribution in [0, 0.1) is 0 Å². The van der Waals surface area contributed by atoms with Crippen molar-refractivity contribution in [2.75, 3.05) is 0 Å². The smallest absolute Gasteiger partial charge is 0.00996 e. The molecule has 0 atom stereocenters. The molecule has 1 heteroatoms. The van der Waals surface area contributed by atoms with Crippen molar-refractivity contribution in [2.24, 2.45) is 0 Å². The Kier molecular flexibility index (Phi) is 13.1. The zero-order chi connectivity index (χ0) is 6.99. The lowest BCUT2D eigenvalue weighted by molar-refractivity contribution is 1.73. The van der Waals surface area contributed by atoms with Crippen LogP contribution in [0.4, 0.5) is 0 Å². The van der Waals surface area contributed by atoms with Gasteiger partial charge in [-0.25, -0.2) is 0 Å². The quantitative estimate of drug-likeness (QED) is 0.423. The van der Waals surface area contributed by atoms with Gasteiger partial charge >= 0.3 is 0 Å². The highest BCUT2D eigenvalue weighted by molar-refractivity contribution is 9.11. The fraction of sp³-hybridized carbons (Fsp3) is 0.143. The summed E-state index contributed by atoms with van der Waals surface area (Å²) in [6.07, 6.45) is 3.82. The summed E-state index contributed by atoms with van der Waals surface area (Å²) < 4.78 is 0.921. The fourth-order valence-corrected chi connectivity index (χ4v) is 0.445. The lowest BCUT2D eigenvalue weighted by Crippen LogP contribution is -1.47. The molecule has 0 aliphatic carbocycles. The highest BCUT2D eigenvalue weighted by Gasteiger charge is 1.66. The fourth-order valence-electron chi connectivity index (χ4n) is 0.181. The van der Waals surface area contributed by atoms with Crippen molar-refractivity contribution in [2.45, 2.75) is 6.92 Å². The van der Waals surface area contributed by atoms with E-state index in [1.807, 2.05) is 19.1 Å². The molecule has 0 N–H and O–H groups in total. The molecule has 0 nitrogen and oxygen atoms in total. The normalized spacial score (nSPS) is 7.75. The van der Waals surface area contributed by atoms with Gasteiger partial charge in [-0.1, -0.05) is 34.7 Å². The summed E-state index contributed by atoms with van der Waals surface area (Å²) in [7, 11) is 0. The number of allylic oxidation sites excluding steroid dienone is 3. The van der Waals surface area contributed by atoms with Crippen LogP contribution >= 0.6 is 15.9 Å². The average molecular weight is 175 g/mol. The molecule has 0 unspecified atom stereocenters. The van der Waals surface area contributed by atoms with Crippen LogP contribution in [0.5, 0.6) is 0 Å². The minimum absolute atomic E-state index is 0.921. The van der Waals surface area contributed by atoms with Gasteiger partial charge in [0.05, 0.1) is 0 Å². The summed E-state index contributed by atoms with van der Waals surface area (Å²) in [5.41, 5.74) is 0. The van der Waals surface area contributed by atoms with Gasteiger partial charge in [0.1, 0.15) is 0 Å². The maximum absolute atomic E-state index is 3.57. The Morgan fingerprint density at radius 1 is 1.50 bits per heavy atom. The Morgan fingerprint density at radius 3 is 1.88 bits per heavy atom. The molecule has 0 aromatic carbocycles. The molecule has 0 bridgehead atoms. The summed E-state index contributed by atoms with van der Waals surface area (Å²) in [5.74, 6) is 0. The van der Waals surface area contributed by atoms with Crippen LogP contribution in [-0.2, 0) is 0 Å². The molecule has 0 radical (unpaired) electrons. The van der Waals surface area contributed by atoms with E-state index in [1.165, 1.54) is 0 Å². The summed E-state index contributed by atoms with van der Waals surface area (Å²) in [6, 6.07) is 0. The van der Waals surface area contributed by atoms with Crippen LogP contribution in [0.15, 0.2) is 36.4 Å². The zero-order valence-electron chi connectivity index (χ0n) is 5.15. The highest BCUT2D eigenvalue weighted by Crippen LogP contribution is 1.99. The van der Waals surface area contributed by atoms with Crippen molar-refractivity contribution in [1.29, 1.82) is 0 Å². The van der Waals surface area contributed by atoms with Gasteiger partial charge in [0.15, 0.2) is 0 Å². The Bertz CT molecular complexity index is 82.4. The first-order valence-electron chi connectivity index (χ1n) is 2.24. The van der Waals surface area contributed by atoms with E-state index in [1.54, 1.807) is 0 Å². The average Bonchev–Trinajstić information content (AvgIpc) is 1.72. The first-order valence-corrected chi connectivity index (χ1v) is 3.03. The SMILES string of the molecule is C=C.C=C(Br)/C=C\C. The summed E-state index contributed by atoms with van der Waals surface area (Å²) in [6.45, 7) is 11.5. The molecule has 0 rings (SSSR count). The van der Waals surface area contributed by atoms with Crippen molar-refractivity contribution >= 4 is 15.9 Å². The Balaban J connectivity index is 0. The van der Waals surface area contributed by atoms with Gasteiger partial charge in [0.2, 0.25) is 0 Å². The Morgan fingerprint density at radius 2 is 1.88 bits per heavy atom. The minimum atomic E-state index is 0.921. The molecule has 0 aliphatic rings. The van der Waals surface area contributed by atoms with Crippen LogP contribution < -0.4 is 0 Å². The van der Waals surface area contributed by atoms with Crippen LogP contribution in [0.3, 0.4) is 0 Å². The first-order chi connectivity index (χ1) is 3.77. The van der Waals surface area contributed by atoms with E-state index in [2.05, 4.69) is 35.7 Å². The Labute approximate surface area is 59.7 Å². The van der Waals surface area contributed by atoms with Gasteiger partial charge in [-0.3, -0.25) is 0 Å². The molecule has 0 spiro atoms. The van der Waals surface area contributed by atoms with Gasteiger partial charge in [-0.2, -0.15) is 0 Å². The highest BCUT2D eigenvalue weighted by atomic mass is 79.9. The Hall–Kier alpha value is -0.300. The third kappa shape index (κ3) is 17.3. The monoisotopic (exact) mass is 174 g/mol. The topological polar surface area (TPSA) is 0 Å². The third-order valence-electron chi connectivity index (χ3n) is 0.348. The van der Waals surface area contributed by atoms with Crippen LogP contribution in [-0.4, -0.2) is 0 Å². The van der Waals surface area contributed by atoms with Gasteiger partial charge in [0, 0.05) is 4.48 Å². The second kappa shape index (κ2) is 9.85. The second-order valence-electron chi connectivity index (χ2n) is 0.947. The first kappa shape index (κ1) is 10.6. The van der Waals surface area contributed by atoms with Crippen molar-refractivity contribution in [1.82, 2.24) is 0 Å². The van der Waals surface area contributed by atoms with E-state index in [4.69, 9.17) is 0 Å². The molecule has 0 amide bonds. The van der Waals surface area contributed by atoms with Crippen molar-refractivity contribution in [3.63, 3.8) is 0 Å². The largest absolute Gasteiger partial charge is 0.106 e. The van der Waals surface area contributed by atoms with Crippen molar-refractivity contribution in [3.05, 3.63) is 36.4 Å². The van der Waals surface area contributed by atoms with E-state index < -0.39 is 0 Å². The van der Waals surface area contributed by atoms with Gasteiger partial charge in [-0.05, 0) is 6.92 Å². The third-order valence-corrected chi connectivity index (χ3v) is 0.612. The molecular weight excluding hydrogens is 164 g/mol. The van der Waals surface area contributed by atoms with E-state index in [9.17, 15) is 0 Å². The van der Waals surface area contributed by atoms with Crippen LogP contribution in [0.2, 0.25) is 0 Å². The predicted octanol–water partition coefficient (Wildman–Crippen LogP) is 3.27. The standard InChI is InChI=1S/C5H7Br.C2H4/c1-3-4-5(2)6;1-2/h3-4H,2H2,1H3;1-2H2/b4-3-;. The maximum Gasteiger partial charge on any atom is 0.00996 e. The molecule has 0 aromatic heterocycles. The van der Waals surface area contributed by atoms with Crippen LogP contribution in [0.1, 0.15) is 6.92 Å². The van der Waals surface area contributed by atoms with Gasteiger partial charge < -0.3 is 0 Å². The summed E-state index contributed by atoms with van der Waals surface area (Å²) in [4.78, 5) is 0. The van der Waals surface area contributed by atoms with Gasteiger partial charge in [0.25, 0.3) is 0 Å². The van der Waals surface area contributed by atoms with E-state index in [0.29, 0.717) is 0 Å². The molecule has 0 aliphatic heterocycles. The second-order valence-corrected chi connectivity index (χ2v) is 1.97. The number of rotatable bonds is 1. The van der Waals surface area contributed by atoms with E-state index in [-0.39, 0.29) is 0 Å². The number of hydrogen-bond donors (Lipinski definition) is 0. The van der Waals surface area contributed by atoms with Crippen LogP contribution in [0.25, 0.3) is 0 Å². The lowest BCUT2D eigenvalue weighted by Gasteiger charge is -1.73. The molecule has 0 saturated carbocycles. The molecule has 0 saturated heterocycles. The predicted molar refractivity (Wildman–Crippen MR) is 44.1 cm³/mol. The number of hydrogen-bond acceptors (Lipinski definition) is 0. The number of halogens is 1. The molecule has 0 aromatic rings. The summed E-state index contributed by atoms with van der Waals surface area (Å²) in [5, 5.41) is 0. The van der Waals surface area contributed by atoms with Crippen molar-refractivity contribution < 1.29 is 0 Å². The van der Waals surface area contributed by atoms with E-state index in [0.717, 1.165) is 4.48 Å². The van der Waals surface area contributed by atoms with Gasteiger partial charge in [-0.15, -0.1) is 13.2 Å². The molecule has 0 heterocycles. The maximum atomic E-state index is 3.57. The van der Waals surface area contributed by atoms with E-state index >= 15 is 0 Å². The minimum Gasteiger partial charge on any atom is -0.106 e. The molecule has 46 valence electrons. The molecular formula is C7H11Br. The van der Waals surface area contributed by atoms with Crippen molar-refractivity contribution in [3.8, 4) is 0 Å². The molecule has 0 fully saturated rings.